The summed E-state index contributed by atoms with van der Waals surface area (Å²) in [5.74, 6) is -1.52. The van der Waals surface area contributed by atoms with Crippen molar-refractivity contribution in [2.45, 2.75) is 206 Å². The Morgan fingerprint density at radius 3 is 0.640 bits per heavy atom. The molecule has 0 rings (SSSR count). The van der Waals surface area contributed by atoms with Crippen LogP contribution in [0.2, 0.25) is 0 Å². The number of carbonyl (C=O) groups is 2. The molecule has 0 aliphatic rings. The van der Waals surface area contributed by atoms with Gasteiger partial charge in [-0.1, -0.05) is 154 Å². The molecule has 0 aliphatic heterocycles. The third-order valence-electron chi connectivity index (χ3n) is 14.5. The number of hydrogen-bond acceptors (Lipinski definition) is 16. The van der Waals surface area contributed by atoms with Crippen molar-refractivity contribution in [1.29, 1.82) is 0 Å². The van der Waals surface area contributed by atoms with Crippen molar-refractivity contribution in [1.82, 2.24) is 9.80 Å². The highest BCUT2D eigenvalue weighted by Gasteiger charge is 2.10. The van der Waals surface area contributed by atoms with Gasteiger partial charge < -0.3 is 76.9 Å². The van der Waals surface area contributed by atoms with Gasteiger partial charge in [0.1, 0.15) is 0 Å². The Morgan fingerprint density at radius 1 is 0.244 bits per heavy atom. The Labute approximate surface area is 525 Å². The standard InChI is InChI=1S/C68H132N2O16/c1-3-5-7-9-11-13-15-17-19-21-23-25-27-29-31-33-37-69(39-35-67(71)72)41-43-75-45-47-77-49-51-79-53-55-81-57-59-83-61-63-85-65-66-86-64-62-84-60-58-82-56-54-80-52-50-78-48-46-76-44-42-70(40-36-68(73)74)38-34-32-30-28-26-24-22-20-18-16-14-12-10-8-6-4-2/h17-20H,3-16,21-66H2,1-2H3,(H,71,72)(H,73,74). The zero-order valence-electron chi connectivity index (χ0n) is 55.2. The zero-order valence-corrected chi connectivity index (χ0v) is 55.2. The highest BCUT2D eigenvalue weighted by Crippen LogP contribution is 2.13. The fourth-order valence-corrected chi connectivity index (χ4v) is 9.25. The van der Waals surface area contributed by atoms with Crippen molar-refractivity contribution in [2.24, 2.45) is 0 Å². The maximum absolute atomic E-state index is 11.2. The summed E-state index contributed by atoms with van der Waals surface area (Å²) in [6.07, 6.45) is 45.6. The lowest BCUT2D eigenvalue weighted by molar-refractivity contribution is -0.138. The van der Waals surface area contributed by atoms with Gasteiger partial charge in [-0.25, -0.2) is 0 Å². The molecule has 0 aromatic carbocycles. The van der Waals surface area contributed by atoms with Crippen molar-refractivity contribution < 1.29 is 76.6 Å². The van der Waals surface area contributed by atoms with Crippen LogP contribution in [0.1, 0.15) is 206 Å². The molecule has 2 N–H and O–H groups in total. The van der Waals surface area contributed by atoms with Crippen molar-refractivity contribution in [3.63, 3.8) is 0 Å². The molecule has 0 unspecified atom stereocenters. The number of aliphatic carboxylic acids is 2. The van der Waals surface area contributed by atoms with Crippen LogP contribution in [0.5, 0.6) is 0 Å². The first-order chi connectivity index (χ1) is 42.5. The summed E-state index contributed by atoms with van der Waals surface area (Å²) in [4.78, 5) is 26.8. The largest absolute Gasteiger partial charge is 0.481 e. The van der Waals surface area contributed by atoms with Gasteiger partial charge in [0, 0.05) is 26.2 Å². The van der Waals surface area contributed by atoms with Crippen molar-refractivity contribution in [2.75, 3.05) is 198 Å². The molecule has 0 atom stereocenters. The van der Waals surface area contributed by atoms with Crippen LogP contribution in [0.25, 0.3) is 0 Å². The first kappa shape index (κ1) is 83.9. The molecular formula is C68H132N2O16. The molecule has 0 aromatic rings. The van der Waals surface area contributed by atoms with E-state index >= 15 is 0 Å². The molecule has 0 saturated carbocycles. The Bertz CT molecular complexity index is 1290. The predicted molar refractivity (Wildman–Crippen MR) is 346 cm³/mol. The molecule has 18 heteroatoms. The van der Waals surface area contributed by atoms with Crippen LogP contribution in [0.4, 0.5) is 0 Å². The molecule has 86 heavy (non-hydrogen) atoms. The number of carboxylic acids is 2. The second-order valence-corrected chi connectivity index (χ2v) is 22.2. The minimum absolute atomic E-state index is 0.152. The summed E-state index contributed by atoms with van der Waals surface area (Å²) < 4.78 is 67.3. The number of hydrogen-bond donors (Lipinski definition) is 2. The van der Waals surface area contributed by atoms with Crippen LogP contribution in [0, 0.1) is 0 Å². The monoisotopic (exact) mass is 1230 g/mol. The van der Waals surface area contributed by atoms with E-state index in [0.29, 0.717) is 172 Å². The van der Waals surface area contributed by atoms with Crippen molar-refractivity contribution >= 4 is 11.9 Å². The average Bonchev–Trinajstić information content (AvgIpc) is 3.52. The van der Waals surface area contributed by atoms with E-state index in [1.54, 1.807) is 0 Å². The molecule has 0 radical (unpaired) electrons. The van der Waals surface area contributed by atoms with Gasteiger partial charge in [-0.3, -0.25) is 9.59 Å². The van der Waals surface area contributed by atoms with Crippen molar-refractivity contribution in [3.05, 3.63) is 24.3 Å². The van der Waals surface area contributed by atoms with Crippen LogP contribution in [-0.2, 0) is 66.4 Å². The van der Waals surface area contributed by atoms with Gasteiger partial charge in [0.05, 0.1) is 171 Å². The van der Waals surface area contributed by atoms with E-state index in [-0.39, 0.29) is 12.8 Å². The molecular weight excluding hydrogens is 1100 g/mol. The molecule has 0 spiro atoms. The number of ether oxygens (including phenoxy) is 12. The third kappa shape index (κ3) is 74.3. The third-order valence-corrected chi connectivity index (χ3v) is 14.5. The van der Waals surface area contributed by atoms with E-state index in [9.17, 15) is 19.8 Å². The van der Waals surface area contributed by atoms with Crippen LogP contribution in [0.15, 0.2) is 24.3 Å². The number of rotatable bonds is 77. The van der Waals surface area contributed by atoms with Crippen LogP contribution in [-0.4, -0.2) is 230 Å². The highest BCUT2D eigenvalue weighted by molar-refractivity contribution is 5.67. The number of allylic oxidation sites excluding steroid dienone is 4. The first-order valence-electron chi connectivity index (χ1n) is 34.6. The Morgan fingerprint density at radius 2 is 0.430 bits per heavy atom. The maximum atomic E-state index is 11.2. The van der Waals surface area contributed by atoms with Gasteiger partial charge in [0.25, 0.3) is 0 Å². The van der Waals surface area contributed by atoms with E-state index in [1.165, 1.54) is 167 Å². The first-order valence-corrected chi connectivity index (χ1v) is 34.6. The molecule has 0 bridgehead atoms. The van der Waals surface area contributed by atoms with Crippen LogP contribution >= 0.6 is 0 Å². The normalized spacial score (nSPS) is 12.0. The van der Waals surface area contributed by atoms with Gasteiger partial charge in [-0.05, 0) is 77.3 Å². The lowest BCUT2D eigenvalue weighted by atomic mass is 10.1. The van der Waals surface area contributed by atoms with E-state index < -0.39 is 11.9 Å². The molecule has 510 valence electrons. The fourth-order valence-electron chi connectivity index (χ4n) is 9.25. The fraction of sp³-hybridized carbons (Fsp3) is 0.912. The summed E-state index contributed by atoms with van der Waals surface area (Å²) >= 11 is 0. The average molecular weight is 1230 g/mol. The maximum Gasteiger partial charge on any atom is 0.304 e. The second kappa shape index (κ2) is 75.3. The number of nitrogens with zero attached hydrogens (tertiary/aromatic N) is 2. The molecule has 0 aliphatic carbocycles. The molecule has 0 heterocycles. The predicted octanol–water partition coefficient (Wildman–Crippen LogP) is 12.8. The SMILES string of the molecule is CCCCCCCCC=CCCCCCCCCN(CCOCCOCCOCCOCCOCCOCCOCCOCCOCCOCCOCCOCCN(CCCCCCCCC=CCCCCCCCC)CCC(=O)O)CCC(=O)O. The lowest BCUT2D eigenvalue weighted by Crippen LogP contribution is -2.31. The molecule has 0 aromatic heterocycles. The summed E-state index contributed by atoms with van der Waals surface area (Å²) in [7, 11) is 0. The molecule has 0 amide bonds. The quantitative estimate of drug-likeness (QED) is 0.0431. The smallest absolute Gasteiger partial charge is 0.304 e. The summed E-state index contributed by atoms with van der Waals surface area (Å²) in [6.45, 7) is 20.7. The van der Waals surface area contributed by atoms with Gasteiger partial charge >= 0.3 is 11.9 Å². The Kier molecular flexibility index (Phi) is 73.4. The highest BCUT2D eigenvalue weighted by atomic mass is 16.6. The van der Waals surface area contributed by atoms with E-state index in [4.69, 9.17) is 56.8 Å². The lowest BCUT2D eigenvalue weighted by Gasteiger charge is -2.21. The minimum atomic E-state index is -0.761. The zero-order chi connectivity index (χ0) is 62.0. The Balaban J connectivity index is 3.46. The van der Waals surface area contributed by atoms with Gasteiger partial charge in [-0.15, -0.1) is 0 Å². The van der Waals surface area contributed by atoms with Crippen LogP contribution in [0.3, 0.4) is 0 Å². The number of carboxylic acid groups (broad SMARTS) is 2. The summed E-state index contributed by atoms with van der Waals surface area (Å²) in [5.41, 5.74) is 0. The van der Waals surface area contributed by atoms with Gasteiger partial charge in [0.15, 0.2) is 0 Å². The van der Waals surface area contributed by atoms with E-state index in [0.717, 1.165) is 39.0 Å². The van der Waals surface area contributed by atoms with Crippen molar-refractivity contribution in [3.8, 4) is 0 Å². The topological polar surface area (TPSA) is 192 Å². The summed E-state index contributed by atoms with van der Waals surface area (Å²) in [6, 6.07) is 0. The van der Waals surface area contributed by atoms with Gasteiger partial charge in [-0.2, -0.15) is 0 Å². The molecule has 18 nitrogen and oxygen atoms in total. The van der Waals surface area contributed by atoms with E-state index in [2.05, 4.69) is 48.0 Å². The second-order valence-electron chi connectivity index (χ2n) is 22.2. The minimum Gasteiger partial charge on any atom is -0.481 e. The number of unbranched alkanes of at least 4 members (excludes halogenated alkanes) is 24. The van der Waals surface area contributed by atoms with Crippen LogP contribution < -0.4 is 0 Å². The Hall–Kier alpha value is -2.14. The van der Waals surface area contributed by atoms with Gasteiger partial charge in [0.2, 0.25) is 0 Å². The van der Waals surface area contributed by atoms with E-state index in [1.807, 2.05) is 0 Å². The molecule has 0 fully saturated rings. The molecule has 0 saturated heterocycles. The summed E-state index contributed by atoms with van der Waals surface area (Å²) in [5, 5.41) is 18.4.